The summed E-state index contributed by atoms with van der Waals surface area (Å²) in [4.78, 5) is 2.63. The predicted octanol–water partition coefficient (Wildman–Crippen LogP) is 1.24. The largest absolute Gasteiger partial charge is 0.383 e. The molecule has 3 nitrogen and oxygen atoms in total. The molecular formula is C12H24N2O. The van der Waals surface area contributed by atoms with Crippen LogP contribution in [-0.2, 0) is 4.74 Å². The molecular weight excluding hydrogens is 188 g/mol. The molecule has 0 radical (unpaired) electrons. The summed E-state index contributed by atoms with van der Waals surface area (Å²) in [6.45, 7) is 4.43. The zero-order valence-electron chi connectivity index (χ0n) is 9.87. The molecule has 0 amide bonds. The van der Waals surface area contributed by atoms with E-state index in [9.17, 15) is 0 Å². The van der Waals surface area contributed by atoms with Crippen molar-refractivity contribution in [2.24, 2.45) is 0 Å². The van der Waals surface area contributed by atoms with Crippen LogP contribution >= 0.6 is 0 Å². The number of nitrogens with zero attached hydrogens (tertiary/aromatic N) is 1. The molecule has 1 unspecified atom stereocenters. The molecule has 0 aromatic carbocycles. The van der Waals surface area contributed by atoms with Gasteiger partial charge in [-0.05, 0) is 32.2 Å². The highest BCUT2D eigenvalue weighted by Crippen LogP contribution is 2.25. The van der Waals surface area contributed by atoms with E-state index in [0.29, 0.717) is 0 Å². The van der Waals surface area contributed by atoms with Crippen LogP contribution in [-0.4, -0.2) is 50.3 Å². The molecule has 15 heavy (non-hydrogen) atoms. The van der Waals surface area contributed by atoms with Gasteiger partial charge in [-0.15, -0.1) is 0 Å². The van der Waals surface area contributed by atoms with Gasteiger partial charge < -0.3 is 10.1 Å². The molecule has 88 valence electrons. The molecule has 0 aromatic heterocycles. The van der Waals surface area contributed by atoms with Crippen LogP contribution in [0.2, 0.25) is 0 Å². The van der Waals surface area contributed by atoms with Crippen LogP contribution in [0.4, 0.5) is 0 Å². The first-order valence-electron chi connectivity index (χ1n) is 6.36. The van der Waals surface area contributed by atoms with Crippen LogP contribution in [0.1, 0.15) is 32.1 Å². The fourth-order valence-corrected chi connectivity index (χ4v) is 2.58. The number of rotatable bonds is 6. The van der Waals surface area contributed by atoms with E-state index in [1.54, 1.807) is 7.11 Å². The van der Waals surface area contributed by atoms with Crippen molar-refractivity contribution >= 4 is 0 Å². The predicted molar refractivity (Wildman–Crippen MR) is 62.1 cm³/mol. The van der Waals surface area contributed by atoms with Gasteiger partial charge in [-0.3, -0.25) is 4.90 Å². The molecule has 1 heterocycles. The first-order chi connectivity index (χ1) is 7.40. The minimum atomic E-state index is 0.738. The maximum absolute atomic E-state index is 5.19. The summed E-state index contributed by atoms with van der Waals surface area (Å²) in [6.07, 6.45) is 6.93. The molecule has 3 heteroatoms. The average Bonchev–Trinajstić information content (AvgIpc) is 2.64. The minimum Gasteiger partial charge on any atom is -0.383 e. The Morgan fingerprint density at radius 2 is 2.13 bits per heavy atom. The van der Waals surface area contributed by atoms with Crippen LogP contribution in [0.15, 0.2) is 0 Å². The number of hydrogen-bond donors (Lipinski definition) is 1. The second-order valence-electron chi connectivity index (χ2n) is 4.87. The van der Waals surface area contributed by atoms with Crippen molar-refractivity contribution in [3.05, 3.63) is 0 Å². The van der Waals surface area contributed by atoms with Crippen molar-refractivity contribution in [1.29, 1.82) is 0 Å². The van der Waals surface area contributed by atoms with Gasteiger partial charge in [0.15, 0.2) is 0 Å². The van der Waals surface area contributed by atoms with Gasteiger partial charge in [0.1, 0.15) is 0 Å². The lowest BCUT2D eigenvalue weighted by molar-refractivity contribution is 0.0781. The van der Waals surface area contributed by atoms with E-state index < -0.39 is 0 Å². The van der Waals surface area contributed by atoms with E-state index in [2.05, 4.69) is 10.2 Å². The van der Waals surface area contributed by atoms with Crippen LogP contribution in [0.25, 0.3) is 0 Å². The maximum atomic E-state index is 5.19. The molecule has 1 atom stereocenters. The number of methoxy groups -OCH3 is 1. The van der Waals surface area contributed by atoms with Crippen molar-refractivity contribution in [1.82, 2.24) is 10.2 Å². The van der Waals surface area contributed by atoms with Crippen molar-refractivity contribution in [2.45, 2.75) is 44.2 Å². The maximum Gasteiger partial charge on any atom is 0.0589 e. The van der Waals surface area contributed by atoms with Crippen LogP contribution < -0.4 is 5.32 Å². The lowest BCUT2D eigenvalue weighted by Gasteiger charge is -2.38. The Morgan fingerprint density at radius 3 is 2.67 bits per heavy atom. The van der Waals surface area contributed by atoms with Gasteiger partial charge in [-0.1, -0.05) is 6.42 Å². The molecule has 1 aliphatic carbocycles. The standard InChI is InChI=1S/C12H24N2O/c1-15-9-8-14(12-5-2-6-12)10-11-4-3-7-13-11/h11-13H,2-10H2,1H3. The van der Waals surface area contributed by atoms with Gasteiger partial charge in [0, 0.05) is 32.3 Å². The van der Waals surface area contributed by atoms with Crippen molar-refractivity contribution < 1.29 is 4.74 Å². The summed E-state index contributed by atoms with van der Waals surface area (Å²) in [5.41, 5.74) is 0. The Bertz CT molecular complexity index is 176. The summed E-state index contributed by atoms with van der Waals surface area (Å²) >= 11 is 0. The number of ether oxygens (including phenoxy) is 1. The van der Waals surface area contributed by atoms with E-state index >= 15 is 0 Å². The second kappa shape index (κ2) is 5.83. The molecule has 2 fully saturated rings. The first kappa shape index (κ1) is 11.4. The molecule has 2 rings (SSSR count). The summed E-state index contributed by atoms with van der Waals surface area (Å²) in [7, 11) is 1.80. The van der Waals surface area contributed by atoms with Gasteiger partial charge in [0.05, 0.1) is 6.61 Å². The normalized spacial score (nSPS) is 27.2. The van der Waals surface area contributed by atoms with Crippen molar-refractivity contribution in [3.63, 3.8) is 0 Å². The minimum absolute atomic E-state index is 0.738. The molecule has 1 N–H and O–H groups in total. The van der Waals surface area contributed by atoms with E-state index in [4.69, 9.17) is 4.74 Å². The van der Waals surface area contributed by atoms with Gasteiger partial charge in [-0.2, -0.15) is 0 Å². The van der Waals surface area contributed by atoms with Gasteiger partial charge in [0.2, 0.25) is 0 Å². The van der Waals surface area contributed by atoms with E-state index in [0.717, 1.165) is 25.2 Å². The summed E-state index contributed by atoms with van der Waals surface area (Å²) in [5, 5.41) is 3.58. The monoisotopic (exact) mass is 212 g/mol. The van der Waals surface area contributed by atoms with Crippen molar-refractivity contribution in [3.8, 4) is 0 Å². The Kier molecular flexibility index (Phi) is 4.42. The third kappa shape index (κ3) is 3.16. The fourth-order valence-electron chi connectivity index (χ4n) is 2.58. The highest BCUT2D eigenvalue weighted by molar-refractivity contribution is 4.85. The van der Waals surface area contributed by atoms with Crippen LogP contribution in [0.3, 0.4) is 0 Å². The van der Waals surface area contributed by atoms with E-state index in [1.807, 2.05) is 0 Å². The Labute approximate surface area is 93.2 Å². The zero-order valence-corrected chi connectivity index (χ0v) is 9.87. The van der Waals surface area contributed by atoms with Gasteiger partial charge >= 0.3 is 0 Å². The van der Waals surface area contributed by atoms with Crippen LogP contribution in [0.5, 0.6) is 0 Å². The lowest BCUT2D eigenvalue weighted by Crippen LogP contribution is -2.47. The quantitative estimate of drug-likeness (QED) is 0.717. The lowest BCUT2D eigenvalue weighted by atomic mass is 9.91. The average molecular weight is 212 g/mol. The molecule has 1 saturated carbocycles. The molecule has 1 saturated heterocycles. The summed E-state index contributed by atoms with van der Waals surface area (Å²) in [6, 6.07) is 1.59. The van der Waals surface area contributed by atoms with E-state index in [1.165, 1.54) is 45.2 Å². The number of hydrogen-bond acceptors (Lipinski definition) is 3. The molecule has 0 spiro atoms. The fraction of sp³-hybridized carbons (Fsp3) is 1.00. The second-order valence-corrected chi connectivity index (χ2v) is 4.87. The van der Waals surface area contributed by atoms with Crippen LogP contribution in [0, 0.1) is 0 Å². The molecule has 2 aliphatic rings. The Balaban J connectivity index is 1.75. The smallest absolute Gasteiger partial charge is 0.0589 e. The highest BCUT2D eigenvalue weighted by Gasteiger charge is 2.27. The number of nitrogens with one attached hydrogen (secondary N) is 1. The Morgan fingerprint density at radius 1 is 1.27 bits per heavy atom. The van der Waals surface area contributed by atoms with Gasteiger partial charge in [0.25, 0.3) is 0 Å². The summed E-state index contributed by atoms with van der Waals surface area (Å²) in [5.74, 6) is 0. The summed E-state index contributed by atoms with van der Waals surface area (Å²) < 4.78 is 5.19. The third-order valence-electron chi connectivity index (χ3n) is 3.79. The zero-order chi connectivity index (χ0) is 10.5. The Hall–Kier alpha value is -0.120. The molecule has 0 bridgehead atoms. The molecule has 0 aromatic rings. The highest BCUT2D eigenvalue weighted by atomic mass is 16.5. The SMILES string of the molecule is COCCN(CC1CCCN1)C1CCC1. The molecule has 1 aliphatic heterocycles. The van der Waals surface area contributed by atoms with Gasteiger partial charge in [-0.25, -0.2) is 0 Å². The van der Waals surface area contributed by atoms with E-state index in [-0.39, 0.29) is 0 Å². The van der Waals surface area contributed by atoms with Crippen molar-refractivity contribution in [2.75, 3.05) is 33.4 Å². The topological polar surface area (TPSA) is 24.5 Å². The first-order valence-corrected chi connectivity index (χ1v) is 6.36. The third-order valence-corrected chi connectivity index (χ3v) is 3.79.